The van der Waals surface area contributed by atoms with E-state index in [9.17, 15) is 10.2 Å². The first-order valence-electron chi connectivity index (χ1n) is 11.2. The SMILES string of the molecule is CCCCCCCCCCC#Cc1cn([C@H]2C[C@H](O)[C@@H](CO)O2)c2ncnc(N)c12. The predicted molar refractivity (Wildman–Crippen MR) is 118 cm³/mol. The fraction of sp³-hybridized carbons (Fsp3) is 0.652. The van der Waals surface area contributed by atoms with Gasteiger partial charge in [0.2, 0.25) is 0 Å². The van der Waals surface area contributed by atoms with E-state index < -0.39 is 18.4 Å². The second kappa shape index (κ2) is 11.3. The van der Waals surface area contributed by atoms with Crippen molar-refractivity contribution < 1.29 is 14.9 Å². The van der Waals surface area contributed by atoms with Crippen LogP contribution in [0.25, 0.3) is 11.0 Å². The molecule has 1 fully saturated rings. The van der Waals surface area contributed by atoms with Gasteiger partial charge in [0.05, 0.1) is 23.7 Å². The lowest BCUT2D eigenvalue weighted by Crippen LogP contribution is -2.24. The average Bonchev–Trinajstić information content (AvgIpc) is 3.30. The van der Waals surface area contributed by atoms with Crippen LogP contribution in [0.15, 0.2) is 12.5 Å². The third-order valence-electron chi connectivity index (χ3n) is 5.71. The van der Waals surface area contributed by atoms with Crippen molar-refractivity contribution in [3.8, 4) is 11.8 Å². The summed E-state index contributed by atoms with van der Waals surface area (Å²) in [6, 6.07) is 0. The van der Waals surface area contributed by atoms with Gasteiger partial charge in [-0.3, -0.25) is 0 Å². The van der Waals surface area contributed by atoms with Crippen molar-refractivity contribution >= 4 is 16.9 Å². The lowest BCUT2D eigenvalue weighted by atomic mass is 10.1. The fourth-order valence-electron chi connectivity index (χ4n) is 3.98. The van der Waals surface area contributed by atoms with Crippen molar-refractivity contribution in [2.45, 2.75) is 89.6 Å². The average molecular weight is 415 g/mol. The molecule has 3 heterocycles. The molecule has 7 heteroatoms. The zero-order chi connectivity index (χ0) is 21.3. The van der Waals surface area contributed by atoms with Crippen molar-refractivity contribution in [2.24, 2.45) is 0 Å². The first kappa shape index (κ1) is 22.5. The van der Waals surface area contributed by atoms with Crippen molar-refractivity contribution in [2.75, 3.05) is 12.3 Å². The van der Waals surface area contributed by atoms with Crippen LogP contribution in [0, 0.1) is 11.8 Å². The Bertz CT molecular complexity index is 870. The van der Waals surface area contributed by atoms with Gasteiger partial charge in [0, 0.05) is 19.0 Å². The topological polar surface area (TPSA) is 106 Å². The number of aliphatic hydroxyl groups excluding tert-OH is 2. The highest BCUT2D eigenvalue weighted by molar-refractivity contribution is 5.92. The first-order chi connectivity index (χ1) is 14.7. The van der Waals surface area contributed by atoms with E-state index in [1.165, 1.54) is 51.3 Å². The number of aliphatic hydroxyl groups is 2. The molecule has 2 aromatic rings. The highest BCUT2D eigenvalue weighted by Crippen LogP contribution is 2.33. The van der Waals surface area contributed by atoms with Gasteiger partial charge >= 0.3 is 0 Å². The van der Waals surface area contributed by atoms with E-state index in [1.54, 1.807) is 0 Å². The number of fused-ring (bicyclic) bond motifs is 1. The summed E-state index contributed by atoms with van der Waals surface area (Å²) >= 11 is 0. The molecule has 3 rings (SSSR count). The normalized spacial score (nSPS) is 21.1. The summed E-state index contributed by atoms with van der Waals surface area (Å²) in [5.41, 5.74) is 7.51. The molecule has 4 N–H and O–H groups in total. The van der Waals surface area contributed by atoms with Crippen LogP contribution in [-0.2, 0) is 4.74 Å². The predicted octanol–water partition coefficient (Wildman–Crippen LogP) is 3.54. The maximum absolute atomic E-state index is 10.1. The molecule has 0 spiro atoms. The van der Waals surface area contributed by atoms with Crippen molar-refractivity contribution in [3.63, 3.8) is 0 Å². The highest BCUT2D eigenvalue weighted by Gasteiger charge is 2.35. The summed E-state index contributed by atoms with van der Waals surface area (Å²) in [4.78, 5) is 8.47. The molecular formula is C23H34N4O3. The van der Waals surface area contributed by atoms with Crippen LogP contribution in [-0.4, -0.2) is 43.6 Å². The Morgan fingerprint density at radius 2 is 1.90 bits per heavy atom. The second-order valence-corrected chi connectivity index (χ2v) is 8.05. The van der Waals surface area contributed by atoms with E-state index in [-0.39, 0.29) is 6.61 Å². The van der Waals surface area contributed by atoms with Gasteiger partial charge in [-0.1, -0.05) is 63.7 Å². The van der Waals surface area contributed by atoms with Crippen molar-refractivity contribution in [3.05, 3.63) is 18.1 Å². The molecule has 3 atom stereocenters. The Kier molecular flexibility index (Phi) is 8.50. The number of nitrogens with two attached hydrogens (primary N) is 1. The second-order valence-electron chi connectivity index (χ2n) is 8.05. The number of ether oxygens (including phenoxy) is 1. The summed E-state index contributed by atoms with van der Waals surface area (Å²) in [6.07, 6.45) is 13.0. The van der Waals surface area contributed by atoms with Gasteiger partial charge in [-0.15, -0.1) is 0 Å². The van der Waals surface area contributed by atoms with Crippen molar-refractivity contribution in [1.29, 1.82) is 0 Å². The van der Waals surface area contributed by atoms with Crippen LogP contribution >= 0.6 is 0 Å². The number of nitrogens with zero attached hydrogens (tertiary/aromatic N) is 3. The Morgan fingerprint density at radius 3 is 2.60 bits per heavy atom. The van der Waals surface area contributed by atoms with Crippen LogP contribution in [0.2, 0.25) is 0 Å². The summed E-state index contributed by atoms with van der Waals surface area (Å²) in [5.74, 6) is 6.87. The van der Waals surface area contributed by atoms with E-state index in [1.807, 2.05) is 10.8 Å². The molecule has 30 heavy (non-hydrogen) atoms. The third-order valence-corrected chi connectivity index (χ3v) is 5.71. The number of nitrogen functional groups attached to an aromatic ring is 1. The molecule has 0 saturated carbocycles. The van der Waals surface area contributed by atoms with Gasteiger partial charge < -0.3 is 25.3 Å². The lowest BCUT2D eigenvalue weighted by molar-refractivity contribution is -0.0430. The highest BCUT2D eigenvalue weighted by atomic mass is 16.5. The minimum absolute atomic E-state index is 0.223. The van der Waals surface area contributed by atoms with E-state index in [0.717, 1.165) is 18.4 Å². The van der Waals surface area contributed by atoms with E-state index in [2.05, 4.69) is 28.7 Å². The molecule has 1 saturated heterocycles. The van der Waals surface area contributed by atoms with Gasteiger partial charge in [0.1, 0.15) is 30.1 Å². The van der Waals surface area contributed by atoms with E-state index >= 15 is 0 Å². The molecule has 0 amide bonds. The summed E-state index contributed by atoms with van der Waals surface area (Å²) in [5, 5.41) is 20.1. The van der Waals surface area contributed by atoms with Crippen LogP contribution in [0.5, 0.6) is 0 Å². The van der Waals surface area contributed by atoms with Gasteiger partial charge in [0.25, 0.3) is 0 Å². The molecule has 164 valence electrons. The Hall–Kier alpha value is -2.14. The molecule has 2 aromatic heterocycles. The number of hydrogen-bond acceptors (Lipinski definition) is 6. The minimum atomic E-state index is -0.715. The minimum Gasteiger partial charge on any atom is -0.394 e. The zero-order valence-electron chi connectivity index (χ0n) is 17.9. The molecule has 1 aliphatic rings. The molecule has 0 bridgehead atoms. The van der Waals surface area contributed by atoms with E-state index in [4.69, 9.17) is 10.5 Å². The van der Waals surface area contributed by atoms with Crippen LogP contribution in [0.4, 0.5) is 5.82 Å². The molecule has 0 aliphatic carbocycles. The van der Waals surface area contributed by atoms with Crippen LogP contribution < -0.4 is 5.73 Å². The van der Waals surface area contributed by atoms with Gasteiger partial charge in [0.15, 0.2) is 0 Å². The quantitative estimate of drug-likeness (QED) is 0.406. The smallest absolute Gasteiger partial charge is 0.148 e. The number of aromatic nitrogens is 3. The molecule has 0 radical (unpaired) electrons. The maximum Gasteiger partial charge on any atom is 0.148 e. The van der Waals surface area contributed by atoms with Gasteiger partial charge in [-0.2, -0.15) is 0 Å². The largest absolute Gasteiger partial charge is 0.394 e. The molecule has 0 unspecified atom stereocenters. The Labute approximate surface area is 178 Å². The Morgan fingerprint density at radius 1 is 1.17 bits per heavy atom. The molecule has 0 aromatic carbocycles. The van der Waals surface area contributed by atoms with Gasteiger partial charge in [-0.25, -0.2) is 9.97 Å². The van der Waals surface area contributed by atoms with E-state index in [0.29, 0.717) is 23.3 Å². The number of unbranched alkanes of at least 4 members (excludes halogenated alkanes) is 8. The van der Waals surface area contributed by atoms with Crippen LogP contribution in [0.1, 0.15) is 82.9 Å². The first-order valence-corrected chi connectivity index (χ1v) is 11.2. The fourth-order valence-corrected chi connectivity index (χ4v) is 3.98. The van der Waals surface area contributed by atoms with Crippen molar-refractivity contribution in [1.82, 2.24) is 14.5 Å². The summed E-state index contributed by atoms with van der Waals surface area (Å²) < 4.78 is 7.63. The maximum atomic E-state index is 10.1. The van der Waals surface area contributed by atoms with Crippen LogP contribution in [0.3, 0.4) is 0 Å². The number of hydrogen-bond donors (Lipinski definition) is 3. The summed E-state index contributed by atoms with van der Waals surface area (Å²) in [7, 11) is 0. The monoisotopic (exact) mass is 414 g/mol. The Balaban J connectivity index is 1.62. The molecule has 7 nitrogen and oxygen atoms in total. The third kappa shape index (κ3) is 5.51. The number of rotatable bonds is 10. The zero-order valence-corrected chi connectivity index (χ0v) is 17.9. The molecule has 1 aliphatic heterocycles. The standard InChI is InChI=1S/C23H34N4O3/c1-2-3-4-5-6-7-8-9-10-11-12-17-14-27(20-13-18(29)19(15-28)30-20)23-21(17)22(24)25-16-26-23/h14,16,18-20,28-29H,2-10,13,15H2,1H3,(H2,24,25,26)/t18-,19+,20+/m0/s1. The number of anilines is 1. The lowest BCUT2D eigenvalue weighted by Gasteiger charge is -2.14. The summed E-state index contributed by atoms with van der Waals surface area (Å²) in [6.45, 7) is 2.02. The molecular weight excluding hydrogens is 380 g/mol. The van der Waals surface area contributed by atoms with Gasteiger partial charge in [-0.05, 0) is 6.42 Å².